The van der Waals surface area contributed by atoms with Gasteiger partial charge in [-0.3, -0.25) is 19.4 Å². The number of urea groups is 1. The van der Waals surface area contributed by atoms with Crippen LogP contribution in [0.4, 0.5) is 10.5 Å². The molecule has 3 rings (SSSR count). The molecule has 1 fully saturated rings. The van der Waals surface area contributed by atoms with Crippen LogP contribution >= 0.6 is 0 Å². The Balaban J connectivity index is 1.73. The van der Waals surface area contributed by atoms with Crippen molar-refractivity contribution in [2.75, 3.05) is 32.2 Å². The van der Waals surface area contributed by atoms with Gasteiger partial charge in [0.25, 0.3) is 5.91 Å². The first kappa shape index (κ1) is 22.1. The van der Waals surface area contributed by atoms with Gasteiger partial charge in [0, 0.05) is 18.8 Å². The first-order valence-electron chi connectivity index (χ1n) is 10.1. The van der Waals surface area contributed by atoms with Crippen LogP contribution in [0.1, 0.15) is 19.4 Å². The largest absolute Gasteiger partial charge is 0.493 e. The summed E-state index contributed by atoms with van der Waals surface area (Å²) in [5.74, 6) is 0.482. The van der Waals surface area contributed by atoms with Crippen LogP contribution in [0, 0.1) is 0 Å². The second-order valence-electron chi connectivity index (χ2n) is 7.19. The summed E-state index contributed by atoms with van der Waals surface area (Å²) in [5, 5.41) is 0. The normalized spacial score (nSPS) is 15.9. The third-order valence-corrected chi connectivity index (χ3v) is 5.33. The summed E-state index contributed by atoms with van der Waals surface area (Å²) in [6.45, 7) is 3.97. The lowest BCUT2D eigenvalue weighted by Crippen LogP contribution is -2.43. The van der Waals surface area contributed by atoms with Crippen molar-refractivity contribution < 1.29 is 23.9 Å². The fraction of sp³-hybridized carbons (Fsp3) is 0.348. The summed E-state index contributed by atoms with van der Waals surface area (Å²) in [7, 11) is 3.11. The highest BCUT2D eigenvalue weighted by molar-refractivity contribution is 6.15. The number of hydrogen-bond donors (Lipinski definition) is 0. The first-order chi connectivity index (χ1) is 14.9. The summed E-state index contributed by atoms with van der Waals surface area (Å²) in [6.07, 6.45) is 0. The van der Waals surface area contributed by atoms with E-state index in [0.717, 1.165) is 10.5 Å². The number of methoxy groups -OCH3 is 2. The predicted molar refractivity (Wildman–Crippen MR) is 116 cm³/mol. The van der Waals surface area contributed by atoms with Gasteiger partial charge in [-0.1, -0.05) is 24.3 Å². The van der Waals surface area contributed by atoms with Crippen molar-refractivity contribution in [1.29, 1.82) is 0 Å². The van der Waals surface area contributed by atoms with Gasteiger partial charge in [-0.15, -0.1) is 0 Å². The molecular weight excluding hydrogens is 398 g/mol. The van der Waals surface area contributed by atoms with E-state index < -0.39 is 12.1 Å². The predicted octanol–water partition coefficient (Wildman–Crippen LogP) is 2.91. The van der Waals surface area contributed by atoms with Gasteiger partial charge < -0.3 is 14.4 Å². The van der Waals surface area contributed by atoms with Crippen molar-refractivity contribution >= 4 is 23.5 Å². The number of rotatable bonds is 8. The highest BCUT2D eigenvalue weighted by Crippen LogP contribution is 2.28. The summed E-state index contributed by atoms with van der Waals surface area (Å²) in [4.78, 5) is 42.6. The highest BCUT2D eigenvalue weighted by Gasteiger charge is 2.44. The van der Waals surface area contributed by atoms with Gasteiger partial charge in [-0.2, -0.15) is 0 Å². The SMILES string of the molecule is CCN(Cc1ccc(OC)c(OC)c1)C(=O)CN1C(=O)[C@H](C)N(c2ccccc2)C1=O. The number of anilines is 1. The molecule has 8 nitrogen and oxygen atoms in total. The average molecular weight is 425 g/mol. The number of likely N-dealkylation sites (N-methyl/N-ethyl adjacent to an activating group) is 1. The monoisotopic (exact) mass is 425 g/mol. The Morgan fingerprint density at radius 3 is 2.32 bits per heavy atom. The van der Waals surface area contributed by atoms with E-state index in [0.29, 0.717) is 30.3 Å². The minimum absolute atomic E-state index is 0.299. The van der Waals surface area contributed by atoms with E-state index >= 15 is 0 Å². The number of amides is 4. The van der Waals surface area contributed by atoms with Crippen molar-refractivity contribution in [2.45, 2.75) is 26.4 Å². The number of nitrogens with zero attached hydrogens (tertiary/aromatic N) is 3. The Bertz CT molecular complexity index is 963. The lowest BCUT2D eigenvalue weighted by Gasteiger charge is -2.24. The molecule has 0 aliphatic carbocycles. The molecule has 31 heavy (non-hydrogen) atoms. The van der Waals surface area contributed by atoms with Crippen molar-refractivity contribution in [3.8, 4) is 11.5 Å². The van der Waals surface area contributed by atoms with Crippen molar-refractivity contribution in [3.63, 3.8) is 0 Å². The van der Waals surface area contributed by atoms with E-state index in [1.807, 2.05) is 19.1 Å². The van der Waals surface area contributed by atoms with Gasteiger partial charge in [-0.05, 0) is 43.7 Å². The molecule has 1 aliphatic rings. The molecule has 0 unspecified atom stereocenters. The minimum Gasteiger partial charge on any atom is -0.493 e. The molecule has 4 amide bonds. The molecule has 1 saturated heterocycles. The van der Waals surface area contributed by atoms with E-state index in [1.165, 1.54) is 4.90 Å². The standard InChI is InChI=1S/C23H27N3O5/c1-5-24(14-17-11-12-19(30-3)20(13-17)31-4)21(27)15-25-22(28)16(2)26(23(25)29)18-9-7-6-8-10-18/h6-13,16H,5,14-15H2,1-4H3/t16-/m0/s1. The molecule has 1 heterocycles. The molecule has 0 aromatic heterocycles. The zero-order valence-electron chi connectivity index (χ0n) is 18.2. The average Bonchev–Trinajstić information content (AvgIpc) is 3.00. The molecule has 0 radical (unpaired) electrons. The van der Waals surface area contributed by atoms with E-state index in [9.17, 15) is 14.4 Å². The number of para-hydroxylation sites is 1. The maximum absolute atomic E-state index is 13.0. The lowest BCUT2D eigenvalue weighted by molar-refractivity contribution is -0.137. The number of imide groups is 1. The minimum atomic E-state index is -0.663. The topological polar surface area (TPSA) is 79.4 Å². The third-order valence-electron chi connectivity index (χ3n) is 5.33. The second kappa shape index (κ2) is 9.51. The number of benzene rings is 2. The number of carbonyl (C=O) groups is 3. The van der Waals surface area contributed by atoms with Gasteiger partial charge in [0.05, 0.1) is 14.2 Å². The Labute approximate surface area is 181 Å². The van der Waals surface area contributed by atoms with Crippen molar-refractivity contribution in [1.82, 2.24) is 9.80 Å². The Morgan fingerprint density at radius 2 is 1.71 bits per heavy atom. The van der Waals surface area contributed by atoms with Gasteiger partial charge in [0.1, 0.15) is 12.6 Å². The van der Waals surface area contributed by atoms with Crippen LogP contribution in [0.15, 0.2) is 48.5 Å². The van der Waals surface area contributed by atoms with Crippen LogP contribution in [0.2, 0.25) is 0 Å². The van der Waals surface area contributed by atoms with Gasteiger partial charge >= 0.3 is 6.03 Å². The van der Waals surface area contributed by atoms with Crippen LogP contribution in [0.3, 0.4) is 0 Å². The molecule has 0 bridgehead atoms. The summed E-state index contributed by atoms with van der Waals surface area (Å²) >= 11 is 0. The Morgan fingerprint density at radius 1 is 1.03 bits per heavy atom. The first-order valence-corrected chi connectivity index (χ1v) is 10.1. The van der Waals surface area contributed by atoms with Gasteiger partial charge in [-0.25, -0.2) is 4.79 Å². The van der Waals surface area contributed by atoms with E-state index in [2.05, 4.69) is 0 Å². The van der Waals surface area contributed by atoms with Gasteiger partial charge in [0.2, 0.25) is 5.91 Å². The molecule has 0 saturated carbocycles. The maximum atomic E-state index is 13.0. The van der Waals surface area contributed by atoms with Crippen LogP contribution in [0.5, 0.6) is 11.5 Å². The number of carbonyl (C=O) groups excluding carboxylic acids is 3. The van der Waals surface area contributed by atoms with Crippen LogP contribution < -0.4 is 14.4 Å². The molecule has 2 aromatic carbocycles. The molecule has 8 heteroatoms. The quantitative estimate of drug-likeness (QED) is 0.608. The van der Waals surface area contributed by atoms with Crippen molar-refractivity contribution in [3.05, 3.63) is 54.1 Å². The lowest BCUT2D eigenvalue weighted by atomic mass is 10.2. The number of hydrogen-bond acceptors (Lipinski definition) is 5. The molecule has 1 atom stereocenters. The van der Waals surface area contributed by atoms with Crippen LogP contribution in [0.25, 0.3) is 0 Å². The molecule has 2 aromatic rings. The van der Waals surface area contributed by atoms with E-state index in [1.54, 1.807) is 62.4 Å². The Hall–Kier alpha value is -3.55. The molecule has 164 valence electrons. The molecule has 0 N–H and O–H groups in total. The molecule has 1 aliphatic heterocycles. The maximum Gasteiger partial charge on any atom is 0.332 e. The number of ether oxygens (including phenoxy) is 2. The van der Waals surface area contributed by atoms with Gasteiger partial charge in [0.15, 0.2) is 11.5 Å². The highest BCUT2D eigenvalue weighted by atomic mass is 16.5. The Kier molecular flexibility index (Phi) is 6.79. The van der Waals surface area contributed by atoms with E-state index in [4.69, 9.17) is 9.47 Å². The second-order valence-corrected chi connectivity index (χ2v) is 7.19. The fourth-order valence-corrected chi connectivity index (χ4v) is 3.61. The zero-order chi connectivity index (χ0) is 22.5. The summed E-state index contributed by atoms with van der Waals surface area (Å²) in [5.41, 5.74) is 1.48. The van der Waals surface area contributed by atoms with Crippen LogP contribution in [-0.2, 0) is 16.1 Å². The molecular formula is C23H27N3O5. The van der Waals surface area contributed by atoms with E-state index in [-0.39, 0.29) is 18.4 Å². The fourth-order valence-electron chi connectivity index (χ4n) is 3.61. The third kappa shape index (κ3) is 4.47. The zero-order valence-corrected chi connectivity index (χ0v) is 18.2. The van der Waals surface area contributed by atoms with Crippen LogP contribution in [-0.4, -0.2) is 61.0 Å². The molecule has 0 spiro atoms. The summed E-state index contributed by atoms with van der Waals surface area (Å²) < 4.78 is 10.6. The smallest absolute Gasteiger partial charge is 0.332 e. The summed E-state index contributed by atoms with van der Waals surface area (Å²) in [6, 6.07) is 13.3. The van der Waals surface area contributed by atoms with Crippen molar-refractivity contribution in [2.24, 2.45) is 0 Å².